The van der Waals surface area contributed by atoms with Gasteiger partial charge in [-0.3, -0.25) is 4.79 Å². The number of esters is 1. The average Bonchev–Trinajstić information content (AvgIpc) is 2.70. The third-order valence-corrected chi connectivity index (χ3v) is 8.85. The molecule has 0 aromatic carbocycles. The molecule has 0 atom stereocenters. The van der Waals surface area contributed by atoms with Gasteiger partial charge in [0.05, 0.1) is 0 Å². The molecular weight excluding hydrogens is 473 g/mol. The van der Waals surface area contributed by atoms with Crippen LogP contribution in [0.5, 0.6) is 0 Å². The molecule has 2 saturated heterocycles. The lowest BCUT2D eigenvalue weighted by Gasteiger charge is -2.41. The molecule has 0 aromatic rings. The third-order valence-electron chi connectivity index (χ3n) is 6.25. The number of rotatable bonds is 8. The van der Waals surface area contributed by atoms with E-state index in [1.54, 1.807) is 20.8 Å². The Balaban J connectivity index is 1.95. The predicted molar refractivity (Wildman–Crippen MR) is 111 cm³/mol. The van der Waals surface area contributed by atoms with Gasteiger partial charge in [0.1, 0.15) is 5.60 Å². The van der Waals surface area contributed by atoms with Crippen molar-refractivity contribution in [3.05, 3.63) is 0 Å². The second-order valence-corrected chi connectivity index (χ2v) is 12.2. The molecule has 0 aliphatic carbocycles. The van der Waals surface area contributed by atoms with Gasteiger partial charge < -0.3 is 9.47 Å². The van der Waals surface area contributed by atoms with Crippen LogP contribution in [0.1, 0.15) is 72.1 Å². The molecule has 0 saturated carbocycles. The lowest BCUT2D eigenvalue weighted by Crippen LogP contribution is -2.59. The fraction of sp³-hybridized carbons (Fsp3) is 0.952. The SMILES string of the molecule is CC(C)(C)OC(=O)C1(S(=O)(=O)N2CCC(CCCCC(F)(F)C(F)(F)F)CC2)CCOCC1. The van der Waals surface area contributed by atoms with E-state index in [9.17, 15) is 35.2 Å². The number of hydrogen-bond donors (Lipinski definition) is 0. The first kappa shape index (κ1) is 28.2. The van der Waals surface area contributed by atoms with Crippen molar-refractivity contribution in [3.63, 3.8) is 0 Å². The molecule has 0 spiro atoms. The van der Waals surface area contributed by atoms with E-state index < -0.39 is 44.9 Å². The summed E-state index contributed by atoms with van der Waals surface area (Å²) in [4.78, 5) is 13.0. The molecule has 2 rings (SSSR count). The van der Waals surface area contributed by atoms with Crippen LogP contribution in [-0.2, 0) is 24.3 Å². The topological polar surface area (TPSA) is 72.9 Å². The molecule has 0 N–H and O–H groups in total. The average molecular weight is 508 g/mol. The van der Waals surface area contributed by atoms with Gasteiger partial charge in [0.15, 0.2) is 4.75 Å². The molecule has 6 nitrogen and oxygen atoms in total. The Kier molecular flexibility index (Phi) is 8.82. The summed E-state index contributed by atoms with van der Waals surface area (Å²) in [5, 5.41) is 0. The molecule has 2 aliphatic heterocycles. The molecule has 2 aliphatic rings. The molecule has 0 aromatic heterocycles. The number of nitrogens with zero attached hydrogens (tertiary/aromatic N) is 1. The molecular formula is C21H34F5NO5S. The van der Waals surface area contributed by atoms with Crippen LogP contribution in [0.25, 0.3) is 0 Å². The minimum Gasteiger partial charge on any atom is -0.459 e. The predicted octanol–water partition coefficient (Wildman–Crippen LogP) is 4.68. The highest BCUT2D eigenvalue weighted by Crippen LogP contribution is 2.40. The van der Waals surface area contributed by atoms with Crippen molar-refractivity contribution in [1.29, 1.82) is 0 Å². The van der Waals surface area contributed by atoms with Gasteiger partial charge in [-0.15, -0.1) is 0 Å². The van der Waals surface area contributed by atoms with Crippen LogP contribution in [0.2, 0.25) is 0 Å². The maximum atomic E-state index is 13.5. The van der Waals surface area contributed by atoms with Crippen molar-refractivity contribution < 1.29 is 44.6 Å². The Bertz CT molecular complexity index is 765. The maximum absolute atomic E-state index is 13.5. The Morgan fingerprint density at radius 2 is 1.58 bits per heavy atom. The Labute approximate surface area is 192 Å². The number of carbonyl (C=O) groups excluding carboxylic acids is 1. The van der Waals surface area contributed by atoms with Crippen LogP contribution in [0.3, 0.4) is 0 Å². The van der Waals surface area contributed by atoms with Gasteiger partial charge in [-0.2, -0.15) is 22.0 Å². The summed E-state index contributed by atoms with van der Waals surface area (Å²) < 4.78 is 100. The Morgan fingerprint density at radius 3 is 2.06 bits per heavy atom. The summed E-state index contributed by atoms with van der Waals surface area (Å²) in [6, 6.07) is 0. The van der Waals surface area contributed by atoms with Gasteiger partial charge in [0.25, 0.3) is 0 Å². The monoisotopic (exact) mass is 507 g/mol. The molecule has 12 heteroatoms. The minimum atomic E-state index is -5.54. The van der Waals surface area contributed by atoms with E-state index in [-0.39, 0.29) is 57.9 Å². The first-order chi connectivity index (χ1) is 15.0. The maximum Gasteiger partial charge on any atom is 0.453 e. The standard InChI is InChI=1S/C21H34F5NO5S/c1-18(2,3)32-17(28)19(10-14-31-15-11-19)33(29,30)27-12-7-16(8-13-27)6-4-5-9-20(22,23)21(24,25)26/h16H,4-15H2,1-3H3. The van der Waals surface area contributed by atoms with Crippen molar-refractivity contribution in [2.24, 2.45) is 5.92 Å². The van der Waals surface area contributed by atoms with Gasteiger partial charge >= 0.3 is 18.1 Å². The van der Waals surface area contributed by atoms with E-state index in [0.29, 0.717) is 19.3 Å². The molecule has 194 valence electrons. The highest BCUT2D eigenvalue weighted by molar-refractivity contribution is 7.91. The van der Waals surface area contributed by atoms with Crippen molar-refractivity contribution >= 4 is 16.0 Å². The van der Waals surface area contributed by atoms with Crippen molar-refractivity contribution in [2.45, 2.75) is 94.6 Å². The van der Waals surface area contributed by atoms with E-state index in [4.69, 9.17) is 9.47 Å². The summed E-state index contributed by atoms with van der Waals surface area (Å²) in [7, 11) is -4.05. The first-order valence-corrected chi connectivity index (χ1v) is 12.7. The fourth-order valence-corrected chi connectivity index (χ4v) is 6.37. The van der Waals surface area contributed by atoms with Crippen molar-refractivity contribution in [2.75, 3.05) is 26.3 Å². The van der Waals surface area contributed by atoms with Gasteiger partial charge in [-0.1, -0.05) is 12.8 Å². The van der Waals surface area contributed by atoms with Gasteiger partial charge in [-0.05, 0) is 46.0 Å². The fourth-order valence-electron chi connectivity index (χ4n) is 4.25. The molecule has 0 unspecified atom stereocenters. The summed E-state index contributed by atoms with van der Waals surface area (Å²) in [6.45, 7) is 5.57. The highest BCUT2D eigenvalue weighted by atomic mass is 32.2. The molecule has 33 heavy (non-hydrogen) atoms. The van der Waals surface area contributed by atoms with Gasteiger partial charge in [0, 0.05) is 45.6 Å². The summed E-state index contributed by atoms with van der Waals surface area (Å²) in [5.41, 5.74) is -0.853. The lowest BCUT2D eigenvalue weighted by molar-refractivity contribution is -0.284. The number of carbonyl (C=O) groups is 1. The quantitative estimate of drug-likeness (QED) is 0.271. The molecule has 0 amide bonds. The summed E-state index contributed by atoms with van der Waals surface area (Å²) in [5.74, 6) is -5.45. The number of ether oxygens (including phenoxy) is 2. The normalized spacial score (nSPS) is 21.7. The number of halogens is 5. The second-order valence-electron chi connectivity index (χ2n) is 9.90. The molecule has 2 fully saturated rings. The van der Waals surface area contributed by atoms with Crippen LogP contribution in [0, 0.1) is 5.92 Å². The van der Waals surface area contributed by atoms with Crippen LogP contribution in [-0.4, -0.2) is 67.4 Å². The first-order valence-electron chi connectivity index (χ1n) is 11.3. The Hall–Kier alpha value is -1.01. The van der Waals surface area contributed by atoms with E-state index in [1.165, 1.54) is 4.31 Å². The third kappa shape index (κ3) is 6.78. The van der Waals surface area contributed by atoms with E-state index in [0.717, 1.165) is 0 Å². The molecule has 0 bridgehead atoms. The number of hydrogen-bond acceptors (Lipinski definition) is 5. The van der Waals surface area contributed by atoms with Gasteiger partial charge in [-0.25, -0.2) is 12.7 Å². The zero-order valence-corrected chi connectivity index (χ0v) is 20.2. The van der Waals surface area contributed by atoms with Crippen LogP contribution in [0.4, 0.5) is 22.0 Å². The number of unbranched alkanes of at least 4 members (excludes halogenated alkanes) is 1. The zero-order chi connectivity index (χ0) is 25.1. The highest BCUT2D eigenvalue weighted by Gasteiger charge is 2.57. The van der Waals surface area contributed by atoms with Crippen LogP contribution < -0.4 is 0 Å². The van der Waals surface area contributed by atoms with Crippen LogP contribution in [0.15, 0.2) is 0 Å². The van der Waals surface area contributed by atoms with E-state index in [2.05, 4.69) is 0 Å². The summed E-state index contributed by atoms with van der Waals surface area (Å²) in [6.07, 6.45) is -5.48. The zero-order valence-electron chi connectivity index (χ0n) is 19.3. The minimum absolute atomic E-state index is 0.00239. The van der Waals surface area contributed by atoms with Crippen molar-refractivity contribution in [3.8, 4) is 0 Å². The largest absolute Gasteiger partial charge is 0.459 e. The number of sulfonamides is 1. The Morgan fingerprint density at radius 1 is 1.03 bits per heavy atom. The van der Waals surface area contributed by atoms with Crippen molar-refractivity contribution in [1.82, 2.24) is 4.31 Å². The molecule has 0 radical (unpaired) electrons. The second kappa shape index (κ2) is 10.3. The van der Waals surface area contributed by atoms with E-state index in [1.807, 2.05) is 0 Å². The number of piperidine rings is 1. The lowest BCUT2D eigenvalue weighted by atomic mass is 9.92. The number of alkyl halides is 5. The summed E-state index contributed by atoms with van der Waals surface area (Å²) >= 11 is 0. The molecule has 2 heterocycles. The smallest absolute Gasteiger partial charge is 0.453 e. The van der Waals surface area contributed by atoms with Crippen LogP contribution >= 0.6 is 0 Å². The van der Waals surface area contributed by atoms with Gasteiger partial charge in [0.2, 0.25) is 10.0 Å². The van der Waals surface area contributed by atoms with E-state index >= 15 is 0 Å².